The third kappa shape index (κ3) is 5.91. The Morgan fingerprint density at radius 2 is 1.85 bits per heavy atom. The number of aromatic nitrogens is 2. The topological polar surface area (TPSA) is 102 Å². The minimum Gasteiger partial charge on any atom is -0.481 e. The Balaban J connectivity index is 1.25. The van der Waals surface area contributed by atoms with Gasteiger partial charge in [-0.2, -0.15) is 4.98 Å². The lowest BCUT2D eigenvalue weighted by Gasteiger charge is -2.52. The molecular weight excluding hydrogens is 549 g/mol. The lowest BCUT2D eigenvalue weighted by molar-refractivity contribution is -0.158. The molecule has 8 nitrogen and oxygen atoms in total. The number of hydrogen-bond acceptors (Lipinski definition) is 7. The molecule has 218 valence electrons. The predicted molar refractivity (Wildman–Crippen MR) is 159 cm³/mol. The molecule has 5 rings (SSSR count). The summed E-state index contributed by atoms with van der Waals surface area (Å²) < 4.78 is 0. The van der Waals surface area contributed by atoms with Gasteiger partial charge in [0.15, 0.2) is 0 Å². The molecule has 1 unspecified atom stereocenters. The van der Waals surface area contributed by atoms with E-state index in [9.17, 15) is 15.0 Å². The van der Waals surface area contributed by atoms with Crippen LogP contribution in [0.15, 0.2) is 24.4 Å². The second-order valence-corrected chi connectivity index (χ2v) is 13.5. The zero-order valence-corrected chi connectivity index (χ0v) is 25.3. The zero-order valence-electron chi connectivity index (χ0n) is 23.8. The fraction of sp³-hybridized carbons (Fsp3) is 0.633. The lowest BCUT2D eigenvalue weighted by Crippen LogP contribution is -2.58. The van der Waals surface area contributed by atoms with Crippen LogP contribution in [0.4, 0.5) is 11.8 Å². The summed E-state index contributed by atoms with van der Waals surface area (Å²) >= 11 is 12.6. The van der Waals surface area contributed by atoms with Gasteiger partial charge in [-0.1, -0.05) is 43.1 Å². The highest BCUT2D eigenvalue weighted by Gasteiger charge is 2.49. The maximum absolute atomic E-state index is 11.5. The quantitative estimate of drug-likeness (QED) is 0.325. The molecule has 1 aromatic heterocycles. The van der Waals surface area contributed by atoms with Crippen molar-refractivity contribution in [2.24, 2.45) is 23.2 Å². The largest absolute Gasteiger partial charge is 0.481 e. The summed E-state index contributed by atoms with van der Waals surface area (Å²) in [5, 5.41) is 25.0. The standard InChI is InChI=1S/C30H41Cl2N5O3/c1-17(2)26(38)24-13-33-29(35-27(24)34-18(3)23-8-7-21(31)10-25(23)32)37-15-20(16-37)19-6-5-9-36(14-19)22-11-30(4,12-22)28(39)40/h7-8,10,13,17-20,22,26,38H,5-6,9,11-12,14-16H2,1-4H3,(H,39,40)(H,33,34,35)/t18-,19+,22-,26?,30-/m1/s1. The van der Waals surface area contributed by atoms with Gasteiger partial charge in [-0.15, -0.1) is 0 Å². The van der Waals surface area contributed by atoms with Crippen molar-refractivity contribution >= 4 is 40.9 Å². The molecule has 3 atom stereocenters. The number of aliphatic hydroxyl groups excluding tert-OH is 1. The molecule has 3 N–H and O–H groups in total. The molecule has 2 aromatic rings. The molecule has 3 aliphatic rings. The Morgan fingerprint density at radius 3 is 2.50 bits per heavy atom. The summed E-state index contributed by atoms with van der Waals surface area (Å²) in [6.45, 7) is 11.8. The van der Waals surface area contributed by atoms with Gasteiger partial charge in [0, 0.05) is 47.5 Å². The van der Waals surface area contributed by atoms with Crippen LogP contribution < -0.4 is 10.2 Å². The highest BCUT2D eigenvalue weighted by atomic mass is 35.5. The number of benzene rings is 1. The summed E-state index contributed by atoms with van der Waals surface area (Å²) in [6, 6.07) is 5.69. The number of aliphatic carboxylic acids is 1. The normalized spacial score (nSPS) is 27.1. The van der Waals surface area contributed by atoms with E-state index in [-0.39, 0.29) is 12.0 Å². The fourth-order valence-electron chi connectivity index (χ4n) is 6.50. The van der Waals surface area contributed by atoms with Gasteiger partial charge in [-0.3, -0.25) is 4.79 Å². The third-order valence-electron chi connectivity index (χ3n) is 9.29. The van der Waals surface area contributed by atoms with Crippen LogP contribution in [0.25, 0.3) is 0 Å². The molecule has 3 heterocycles. The summed E-state index contributed by atoms with van der Waals surface area (Å²) in [7, 11) is 0. The second kappa shape index (κ2) is 11.6. The molecule has 1 saturated carbocycles. The van der Waals surface area contributed by atoms with Crippen LogP contribution in [-0.4, -0.2) is 63.3 Å². The number of carboxylic acids is 1. The van der Waals surface area contributed by atoms with Crippen LogP contribution >= 0.6 is 23.2 Å². The van der Waals surface area contributed by atoms with Crippen LogP contribution in [0.1, 0.15) is 76.7 Å². The first-order valence-corrected chi connectivity index (χ1v) is 15.2. The number of nitrogens with zero attached hydrogens (tertiary/aromatic N) is 4. The molecule has 1 aromatic carbocycles. The first kappa shape index (κ1) is 29.4. The summed E-state index contributed by atoms with van der Waals surface area (Å²) in [5.74, 6) is 1.80. The van der Waals surface area contributed by atoms with E-state index in [2.05, 4.69) is 20.1 Å². The van der Waals surface area contributed by atoms with Crippen molar-refractivity contribution in [3.8, 4) is 0 Å². The number of piperidine rings is 1. The van der Waals surface area contributed by atoms with E-state index in [1.807, 2.05) is 39.8 Å². The number of carboxylic acid groups (broad SMARTS) is 1. The van der Waals surface area contributed by atoms with Gasteiger partial charge in [-0.05, 0) is 81.5 Å². The van der Waals surface area contributed by atoms with E-state index in [4.69, 9.17) is 28.2 Å². The third-order valence-corrected chi connectivity index (χ3v) is 9.85. The molecule has 1 aliphatic carbocycles. The first-order valence-electron chi connectivity index (χ1n) is 14.4. The summed E-state index contributed by atoms with van der Waals surface area (Å²) in [6.07, 6.45) is 4.94. The van der Waals surface area contributed by atoms with Crippen molar-refractivity contribution < 1.29 is 15.0 Å². The Kier molecular flexibility index (Phi) is 8.54. The van der Waals surface area contributed by atoms with Crippen LogP contribution in [0.5, 0.6) is 0 Å². The lowest BCUT2D eigenvalue weighted by atomic mass is 9.65. The van der Waals surface area contributed by atoms with Crippen molar-refractivity contribution in [3.05, 3.63) is 45.6 Å². The number of nitrogens with one attached hydrogen (secondary N) is 1. The highest BCUT2D eigenvalue weighted by molar-refractivity contribution is 6.35. The maximum Gasteiger partial charge on any atom is 0.309 e. The van der Waals surface area contributed by atoms with Gasteiger partial charge in [0.05, 0.1) is 17.6 Å². The van der Waals surface area contributed by atoms with Crippen LogP contribution in [-0.2, 0) is 4.79 Å². The number of anilines is 2. The van der Waals surface area contributed by atoms with E-state index in [1.165, 1.54) is 12.8 Å². The number of halogens is 2. The Hall–Kier alpha value is -2.13. The first-order chi connectivity index (χ1) is 18.9. The molecule has 2 aliphatic heterocycles. The van der Waals surface area contributed by atoms with Crippen molar-refractivity contribution in [1.29, 1.82) is 0 Å². The van der Waals surface area contributed by atoms with Gasteiger partial charge in [0.25, 0.3) is 0 Å². The van der Waals surface area contributed by atoms with Crippen LogP contribution in [0.2, 0.25) is 10.0 Å². The minimum atomic E-state index is -0.698. The molecule has 0 bridgehead atoms. The Bertz CT molecular complexity index is 1230. The summed E-state index contributed by atoms with van der Waals surface area (Å²) in [5.41, 5.74) is 1.02. The zero-order chi connectivity index (χ0) is 28.8. The summed E-state index contributed by atoms with van der Waals surface area (Å²) in [4.78, 5) is 25.8. The fourth-order valence-corrected chi connectivity index (χ4v) is 7.08. The number of rotatable bonds is 9. The van der Waals surface area contributed by atoms with E-state index >= 15 is 0 Å². The van der Waals surface area contributed by atoms with Gasteiger partial charge < -0.3 is 25.3 Å². The molecule has 0 amide bonds. The number of likely N-dealkylation sites (tertiary alicyclic amines) is 1. The van der Waals surface area contributed by atoms with Gasteiger partial charge in [0.2, 0.25) is 5.95 Å². The average Bonchev–Trinajstić information content (AvgIpc) is 2.85. The number of carbonyl (C=O) groups is 1. The Morgan fingerprint density at radius 1 is 1.12 bits per heavy atom. The molecule has 2 saturated heterocycles. The van der Waals surface area contributed by atoms with E-state index in [1.54, 1.807) is 12.3 Å². The van der Waals surface area contributed by atoms with Crippen LogP contribution in [0.3, 0.4) is 0 Å². The number of aliphatic hydroxyl groups is 1. The van der Waals surface area contributed by atoms with Crippen molar-refractivity contribution in [2.75, 3.05) is 36.4 Å². The molecule has 0 radical (unpaired) electrons. The maximum atomic E-state index is 11.5. The minimum absolute atomic E-state index is 0.0103. The average molecular weight is 591 g/mol. The van der Waals surface area contributed by atoms with Crippen molar-refractivity contribution in [1.82, 2.24) is 14.9 Å². The van der Waals surface area contributed by atoms with Gasteiger partial charge >= 0.3 is 5.97 Å². The predicted octanol–water partition coefficient (Wildman–Crippen LogP) is 6.05. The molecule has 0 spiro atoms. The Labute approximate surface area is 247 Å². The van der Waals surface area contributed by atoms with Crippen molar-refractivity contribution in [2.45, 2.75) is 71.6 Å². The van der Waals surface area contributed by atoms with E-state index in [0.29, 0.717) is 45.3 Å². The molecule has 40 heavy (non-hydrogen) atoms. The molecule has 3 fully saturated rings. The molecule has 10 heteroatoms. The second-order valence-electron chi connectivity index (χ2n) is 12.7. The van der Waals surface area contributed by atoms with E-state index < -0.39 is 17.5 Å². The molecular formula is C30H41Cl2N5O3. The van der Waals surface area contributed by atoms with Crippen LogP contribution in [0, 0.1) is 23.2 Å². The highest BCUT2D eigenvalue weighted by Crippen LogP contribution is 2.45. The van der Waals surface area contributed by atoms with Gasteiger partial charge in [0.1, 0.15) is 5.82 Å². The smallest absolute Gasteiger partial charge is 0.309 e. The SMILES string of the molecule is CC(C)C(O)c1cnc(N2CC([C@H]3CCCN([C@H]4C[C@](C)(C(=O)O)C4)C3)C2)nc1N[C@H](C)c1ccc(Cl)cc1Cl. The van der Waals surface area contributed by atoms with Crippen molar-refractivity contribution in [3.63, 3.8) is 0 Å². The van der Waals surface area contributed by atoms with E-state index in [0.717, 1.165) is 44.6 Å². The monoisotopic (exact) mass is 589 g/mol. The number of hydrogen-bond donors (Lipinski definition) is 3. The van der Waals surface area contributed by atoms with Gasteiger partial charge in [-0.25, -0.2) is 4.98 Å².